The van der Waals surface area contributed by atoms with E-state index in [0.29, 0.717) is 35.7 Å². The Morgan fingerprint density at radius 3 is 2.71 bits per heavy atom. The second kappa shape index (κ2) is 6.18. The molecule has 0 bridgehead atoms. The Kier molecular flexibility index (Phi) is 3.86. The summed E-state index contributed by atoms with van der Waals surface area (Å²) >= 11 is 0.0911. The number of nitrogen functional groups attached to an aromatic ring is 1. The molecule has 5 rings (SSSR count). The molecular weight excluding hydrogens is 431 g/mol. The van der Waals surface area contributed by atoms with E-state index in [1.54, 1.807) is 0 Å². The zero-order valence-corrected chi connectivity index (χ0v) is 16.5. The second-order valence-electron chi connectivity index (χ2n) is 7.04. The molecule has 9 heteroatoms. The molecule has 0 saturated carbocycles. The standard InChI is InChI=1S/C19H17F2N5OSe/c20-19(21)4-6-26(7-5-19)10-1-2-11-13(9-10)24-17(23-11)14-15(22)16-12(3-8-28-16)25-18(14)27/h1-3,8-9H,4-7H2,(H,23,24)(H3,22,25,27). The maximum absolute atomic E-state index is 13.4. The van der Waals surface area contributed by atoms with Crippen molar-refractivity contribution in [3.63, 3.8) is 0 Å². The third kappa shape index (κ3) is 2.82. The summed E-state index contributed by atoms with van der Waals surface area (Å²) in [7, 11) is 0. The third-order valence-corrected chi connectivity index (χ3v) is 7.21. The fourth-order valence-corrected chi connectivity index (χ4v) is 5.39. The molecule has 0 aliphatic carbocycles. The Morgan fingerprint density at radius 1 is 1.14 bits per heavy atom. The molecule has 1 aliphatic rings. The van der Waals surface area contributed by atoms with Crippen LogP contribution in [0.1, 0.15) is 12.8 Å². The molecule has 3 aromatic heterocycles. The number of hydrogen-bond donors (Lipinski definition) is 3. The number of pyridine rings is 1. The van der Waals surface area contributed by atoms with Gasteiger partial charge in [-0.1, -0.05) is 0 Å². The summed E-state index contributed by atoms with van der Waals surface area (Å²) in [6, 6.07) is 7.48. The average molecular weight is 448 g/mol. The summed E-state index contributed by atoms with van der Waals surface area (Å²) in [6.07, 6.45) is -0.286. The SMILES string of the molecule is Nc1c(-c2nc3ccc(N4CCC(F)(F)CC4)cc3[nH]2)c(=O)[nH]c2cc[se]c12. The van der Waals surface area contributed by atoms with Gasteiger partial charge < -0.3 is 0 Å². The van der Waals surface area contributed by atoms with E-state index in [4.69, 9.17) is 5.73 Å². The molecule has 4 N–H and O–H groups in total. The van der Waals surface area contributed by atoms with E-state index >= 15 is 0 Å². The predicted molar refractivity (Wildman–Crippen MR) is 107 cm³/mol. The topological polar surface area (TPSA) is 90.8 Å². The van der Waals surface area contributed by atoms with Crippen LogP contribution in [0.25, 0.3) is 32.2 Å². The number of nitrogens with two attached hydrogens (primary N) is 1. The molecule has 4 aromatic rings. The fourth-order valence-electron chi connectivity index (χ4n) is 3.68. The summed E-state index contributed by atoms with van der Waals surface area (Å²) < 4.78 is 27.8. The number of piperidine rings is 1. The maximum atomic E-state index is 13.4. The first-order chi connectivity index (χ1) is 13.4. The van der Waals surface area contributed by atoms with E-state index in [0.717, 1.165) is 21.0 Å². The number of fused-ring (bicyclic) bond motifs is 2. The van der Waals surface area contributed by atoms with Crippen LogP contribution in [-0.4, -0.2) is 48.5 Å². The Bertz CT molecular complexity index is 1250. The molecule has 0 amide bonds. The summed E-state index contributed by atoms with van der Waals surface area (Å²) in [5.41, 5.74) is 9.88. The van der Waals surface area contributed by atoms with Gasteiger partial charge in [0.1, 0.15) is 0 Å². The van der Waals surface area contributed by atoms with Gasteiger partial charge in [0.15, 0.2) is 0 Å². The summed E-state index contributed by atoms with van der Waals surface area (Å²) in [4.78, 5) is 27.1. The van der Waals surface area contributed by atoms with Crippen molar-refractivity contribution >= 4 is 46.7 Å². The summed E-state index contributed by atoms with van der Waals surface area (Å²) in [5.74, 6) is -2.16. The Morgan fingerprint density at radius 2 is 1.93 bits per heavy atom. The monoisotopic (exact) mass is 449 g/mol. The number of nitrogens with one attached hydrogen (secondary N) is 2. The van der Waals surface area contributed by atoms with Crippen molar-refractivity contribution in [1.29, 1.82) is 0 Å². The molecule has 0 radical (unpaired) electrons. The van der Waals surface area contributed by atoms with Gasteiger partial charge in [-0.2, -0.15) is 0 Å². The van der Waals surface area contributed by atoms with Crippen molar-refractivity contribution < 1.29 is 8.78 Å². The number of aromatic nitrogens is 3. The summed E-state index contributed by atoms with van der Waals surface area (Å²) in [5, 5.41) is 0. The molecule has 0 unspecified atom stereocenters. The van der Waals surface area contributed by atoms with Crippen LogP contribution >= 0.6 is 0 Å². The average Bonchev–Trinajstić information content (AvgIpc) is 3.27. The molecule has 6 nitrogen and oxygen atoms in total. The van der Waals surface area contributed by atoms with Gasteiger partial charge in [-0.25, -0.2) is 8.78 Å². The van der Waals surface area contributed by atoms with Gasteiger partial charge in [0, 0.05) is 0 Å². The molecule has 0 atom stereocenters. The number of anilines is 2. The molecule has 144 valence electrons. The Labute approximate surface area is 164 Å². The first kappa shape index (κ1) is 17.5. The van der Waals surface area contributed by atoms with Crippen LogP contribution in [0.15, 0.2) is 34.0 Å². The van der Waals surface area contributed by atoms with Gasteiger partial charge in [-0.3, -0.25) is 0 Å². The van der Waals surface area contributed by atoms with Crippen molar-refractivity contribution in [1.82, 2.24) is 15.0 Å². The first-order valence-electron chi connectivity index (χ1n) is 8.93. The van der Waals surface area contributed by atoms with E-state index in [1.165, 1.54) is 0 Å². The molecule has 1 fully saturated rings. The molecule has 1 aromatic carbocycles. The van der Waals surface area contributed by atoms with Crippen LogP contribution < -0.4 is 16.2 Å². The van der Waals surface area contributed by atoms with E-state index in [9.17, 15) is 13.6 Å². The minimum atomic E-state index is -2.58. The molecular formula is C19H17F2N5OSe. The fraction of sp³-hybridized carbons (Fsp3) is 0.263. The summed E-state index contributed by atoms with van der Waals surface area (Å²) in [6.45, 7) is 0.623. The van der Waals surface area contributed by atoms with Gasteiger partial charge in [0.2, 0.25) is 0 Å². The van der Waals surface area contributed by atoms with Gasteiger partial charge in [0.05, 0.1) is 0 Å². The number of nitrogens with zero attached hydrogens (tertiary/aromatic N) is 2. The molecule has 1 aliphatic heterocycles. The number of alkyl halides is 2. The van der Waals surface area contributed by atoms with Crippen molar-refractivity contribution in [2.24, 2.45) is 0 Å². The van der Waals surface area contributed by atoms with Crippen LogP contribution in [-0.2, 0) is 0 Å². The zero-order valence-electron chi connectivity index (χ0n) is 14.8. The number of aromatic amines is 2. The first-order valence-corrected chi connectivity index (χ1v) is 10.8. The van der Waals surface area contributed by atoms with Gasteiger partial charge >= 0.3 is 155 Å². The number of H-pyrrole nitrogens is 2. The molecule has 4 heterocycles. The van der Waals surface area contributed by atoms with Crippen molar-refractivity contribution in [3.8, 4) is 11.4 Å². The minimum absolute atomic E-state index is 0.0911. The van der Waals surface area contributed by atoms with E-state index in [-0.39, 0.29) is 32.9 Å². The van der Waals surface area contributed by atoms with E-state index < -0.39 is 5.92 Å². The normalized spacial score (nSPS) is 16.9. The quantitative estimate of drug-likeness (QED) is 0.412. The Balaban J connectivity index is 1.55. The number of benzene rings is 1. The molecule has 0 spiro atoms. The van der Waals surface area contributed by atoms with Gasteiger partial charge in [-0.05, 0) is 0 Å². The molecule has 1 saturated heterocycles. The van der Waals surface area contributed by atoms with Crippen molar-refractivity contribution in [3.05, 3.63) is 39.6 Å². The van der Waals surface area contributed by atoms with E-state index in [2.05, 4.69) is 15.0 Å². The second-order valence-corrected chi connectivity index (χ2v) is 8.96. The van der Waals surface area contributed by atoms with Gasteiger partial charge in [-0.15, -0.1) is 0 Å². The zero-order chi connectivity index (χ0) is 19.5. The Hall–Kier alpha value is -2.64. The van der Waals surface area contributed by atoms with E-state index in [1.807, 2.05) is 34.1 Å². The number of halogens is 2. The van der Waals surface area contributed by atoms with Crippen LogP contribution in [0.5, 0.6) is 0 Å². The number of imidazole rings is 1. The number of hydrogen-bond acceptors (Lipinski definition) is 4. The van der Waals surface area contributed by atoms with Crippen molar-refractivity contribution in [2.75, 3.05) is 23.7 Å². The number of rotatable bonds is 2. The van der Waals surface area contributed by atoms with Gasteiger partial charge in [0.25, 0.3) is 0 Å². The molecule has 28 heavy (non-hydrogen) atoms. The van der Waals surface area contributed by atoms with Crippen molar-refractivity contribution in [2.45, 2.75) is 18.8 Å². The van der Waals surface area contributed by atoms with Crippen LogP contribution in [0.3, 0.4) is 0 Å². The van der Waals surface area contributed by atoms with Crippen LogP contribution in [0, 0.1) is 0 Å². The van der Waals surface area contributed by atoms with Crippen LogP contribution in [0.4, 0.5) is 20.2 Å². The predicted octanol–water partition coefficient (Wildman–Crippen LogP) is 2.95. The third-order valence-electron chi connectivity index (χ3n) is 5.22. The van der Waals surface area contributed by atoms with Crippen LogP contribution in [0.2, 0.25) is 0 Å².